The van der Waals surface area contributed by atoms with Crippen molar-refractivity contribution in [1.82, 2.24) is 4.90 Å². The fraction of sp³-hybridized carbons (Fsp3) is 0.600. The van der Waals surface area contributed by atoms with Gasteiger partial charge >= 0.3 is 0 Å². The summed E-state index contributed by atoms with van der Waals surface area (Å²) in [6, 6.07) is 6.79. The molecule has 0 N–H and O–H groups in total. The Morgan fingerprint density at radius 1 is 1.42 bits per heavy atom. The van der Waals surface area contributed by atoms with E-state index in [4.69, 9.17) is 9.47 Å². The third-order valence-corrected chi connectivity index (χ3v) is 5.00. The van der Waals surface area contributed by atoms with Crippen molar-refractivity contribution in [2.45, 2.75) is 38.0 Å². The van der Waals surface area contributed by atoms with Crippen LogP contribution in [0.5, 0.6) is 5.75 Å². The monoisotopic (exact) mass is 325 g/mol. The Bertz CT molecular complexity index is 452. The molecular formula is C15H20BrNO2. The number of methoxy groups -OCH3 is 1. The summed E-state index contributed by atoms with van der Waals surface area (Å²) in [5.74, 6) is 0.925. The third-order valence-electron chi connectivity index (χ3n) is 4.22. The molecular weight excluding hydrogens is 306 g/mol. The van der Waals surface area contributed by atoms with E-state index in [1.807, 2.05) is 6.07 Å². The number of morpholine rings is 1. The van der Waals surface area contributed by atoms with Crippen molar-refractivity contribution in [2.75, 3.05) is 20.3 Å². The van der Waals surface area contributed by atoms with Crippen molar-refractivity contribution in [2.24, 2.45) is 0 Å². The number of hydrogen-bond donors (Lipinski definition) is 0. The van der Waals surface area contributed by atoms with Gasteiger partial charge in [-0.05, 0) is 43.0 Å². The molecule has 2 atom stereocenters. The van der Waals surface area contributed by atoms with E-state index in [2.05, 4.69) is 33.0 Å². The molecule has 1 saturated carbocycles. The molecule has 0 spiro atoms. The van der Waals surface area contributed by atoms with Gasteiger partial charge in [0.25, 0.3) is 0 Å². The standard InChI is InChI=1S/C15H20BrNO2/c1-18-12-5-6-13(16)11(9-12)10-17-7-8-19-15-4-2-3-14(15)17/h5-6,9,14-15H,2-4,7-8,10H2,1H3. The lowest BCUT2D eigenvalue weighted by Gasteiger charge is -2.37. The predicted octanol–water partition coefficient (Wildman–Crippen LogP) is 3.21. The van der Waals surface area contributed by atoms with Gasteiger partial charge in [0.05, 0.1) is 19.8 Å². The van der Waals surface area contributed by atoms with Gasteiger partial charge in [0, 0.05) is 23.6 Å². The minimum absolute atomic E-state index is 0.457. The van der Waals surface area contributed by atoms with E-state index in [1.165, 1.54) is 24.8 Å². The van der Waals surface area contributed by atoms with Crippen LogP contribution in [0.2, 0.25) is 0 Å². The van der Waals surface area contributed by atoms with Gasteiger partial charge in [-0.2, -0.15) is 0 Å². The first-order chi connectivity index (χ1) is 9.28. The number of nitrogens with zero attached hydrogens (tertiary/aromatic N) is 1. The van der Waals surface area contributed by atoms with Crippen molar-refractivity contribution in [1.29, 1.82) is 0 Å². The van der Waals surface area contributed by atoms with Crippen molar-refractivity contribution in [3.8, 4) is 5.75 Å². The van der Waals surface area contributed by atoms with Crippen LogP contribution < -0.4 is 4.74 Å². The first-order valence-electron chi connectivity index (χ1n) is 6.96. The van der Waals surface area contributed by atoms with Crippen molar-refractivity contribution in [3.05, 3.63) is 28.2 Å². The Balaban J connectivity index is 1.76. The first kappa shape index (κ1) is 13.4. The number of hydrogen-bond acceptors (Lipinski definition) is 3. The normalized spacial score (nSPS) is 27.3. The minimum atomic E-state index is 0.457. The SMILES string of the molecule is COc1ccc(Br)c(CN2CCOC3CCCC32)c1. The quantitative estimate of drug-likeness (QED) is 0.851. The summed E-state index contributed by atoms with van der Waals surface area (Å²) in [7, 11) is 1.72. The molecule has 2 aliphatic rings. The Hall–Kier alpha value is -0.580. The maximum Gasteiger partial charge on any atom is 0.119 e. The molecule has 0 radical (unpaired) electrons. The average Bonchev–Trinajstić information content (AvgIpc) is 2.90. The van der Waals surface area contributed by atoms with E-state index in [9.17, 15) is 0 Å². The molecule has 4 heteroatoms. The zero-order valence-corrected chi connectivity index (χ0v) is 12.9. The van der Waals surface area contributed by atoms with Crippen LogP contribution in [-0.2, 0) is 11.3 Å². The van der Waals surface area contributed by atoms with Gasteiger partial charge in [0.1, 0.15) is 5.75 Å². The summed E-state index contributed by atoms with van der Waals surface area (Å²) in [6.45, 7) is 2.87. The number of ether oxygens (including phenoxy) is 2. The second-order valence-corrected chi connectivity index (χ2v) is 6.19. The number of halogens is 1. The maximum absolute atomic E-state index is 5.87. The fourth-order valence-electron chi connectivity index (χ4n) is 3.22. The summed E-state index contributed by atoms with van der Waals surface area (Å²) < 4.78 is 12.3. The van der Waals surface area contributed by atoms with Crippen molar-refractivity contribution < 1.29 is 9.47 Å². The third kappa shape index (κ3) is 2.81. The summed E-state index contributed by atoms with van der Waals surface area (Å²) in [5, 5.41) is 0. The van der Waals surface area contributed by atoms with Gasteiger partial charge in [-0.15, -0.1) is 0 Å². The van der Waals surface area contributed by atoms with Gasteiger partial charge < -0.3 is 9.47 Å². The minimum Gasteiger partial charge on any atom is -0.497 e. The lowest BCUT2D eigenvalue weighted by Crippen LogP contribution is -2.47. The number of benzene rings is 1. The van der Waals surface area contributed by atoms with E-state index >= 15 is 0 Å². The topological polar surface area (TPSA) is 21.7 Å². The van der Waals surface area contributed by atoms with E-state index < -0.39 is 0 Å². The van der Waals surface area contributed by atoms with E-state index in [-0.39, 0.29) is 0 Å². The molecule has 1 aliphatic heterocycles. The number of rotatable bonds is 3. The highest BCUT2D eigenvalue weighted by Gasteiger charge is 2.35. The van der Waals surface area contributed by atoms with Gasteiger partial charge in [-0.1, -0.05) is 15.9 Å². The Kier molecular flexibility index (Phi) is 4.10. The largest absolute Gasteiger partial charge is 0.497 e. The maximum atomic E-state index is 5.87. The highest BCUT2D eigenvalue weighted by Crippen LogP contribution is 2.32. The smallest absolute Gasteiger partial charge is 0.119 e. The predicted molar refractivity (Wildman–Crippen MR) is 78.5 cm³/mol. The Morgan fingerprint density at radius 2 is 2.32 bits per heavy atom. The second kappa shape index (κ2) is 5.81. The molecule has 0 amide bonds. The van der Waals surface area contributed by atoms with Gasteiger partial charge in [-0.25, -0.2) is 0 Å². The summed E-state index contributed by atoms with van der Waals surface area (Å²) in [6.07, 6.45) is 4.25. The highest BCUT2D eigenvalue weighted by atomic mass is 79.9. The molecule has 3 nitrogen and oxygen atoms in total. The molecule has 104 valence electrons. The molecule has 0 bridgehead atoms. The van der Waals surface area contributed by atoms with Gasteiger partial charge in [0.15, 0.2) is 0 Å². The van der Waals surface area contributed by atoms with Crippen LogP contribution in [0, 0.1) is 0 Å². The van der Waals surface area contributed by atoms with Crippen LogP contribution in [-0.4, -0.2) is 37.3 Å². The van der Waals surface area contributed by atoms with Crippen LogP contribution in [0.1, 0.15) is 24.8 Å². The van der Waals surface area contributed by atoms with Gasteiger partial charge in [-0.3, -0.25) is 4.90 Å². The van der Waals surface area contributed by atoms with Crippen molar-refractivity contribution in [3.63, 3.8) is 0 Å². The summed E-state index contributed by atoms with van der Waals surface area (Å²) in [5.41, 5.74) is 1.30. The molecule has 19 heavy (non-hydrogen) atoms. The molecule has 1 saturated heterocycles. The van der Waals surface area contributed by atoms with Crippen LogP contribution in [0.3, 0.4) is 0 Å². The van der Waals surface area contributed by atoms with Crippen LogP contribution in [0.4, 0.5) is 0 Å². The lowest BCUT2D eigenvalue weighted by atomic mass is 10.1. The Labute approximate surface area is 123 Å². The molecule has 2 unspecified atom stereocenters. The van der Waals surface area contributed by atoms with E-state index in [1.54, 1.807) is 7.11 Å². The second-order valence-electron chi connectivity index (χ2n) is 5.34. The lowest BCUT2D eigenvalue weighted by molar-refractivity contribution is -0.0588. The molecule has 1 heterocycles. The van der Waals surface area contributed by atoms with Crippen LogP contribution in [0.15, 0.2) is 22.7 Å². The zero-order chi connectivity index (χ0) is 13.2. The molecule has 2 fully saturated rings. The average molecular weight is 326 g/mol. The molecule has 1 aromatic rings. The van der Waals surface area contributed by atoms with Crippen LogP contribution >= 0.6 is 15.9 Å². The van der Waals surface area contributed by atoms with Crippen LogP contribution in [0.25, 0.3) is 0 Å². The zero-order valence-electron chi connectivity index (χ0n) is 11.3. The molecule has 1 aliphatic carbocycles. The summed E-state index contributed by atoms with van der Waals surface area (Å²) in [4.78, 5) is 2.57. The van der Waals surface area contributed by atoms with E-state index in [0.717, 1.165) is 29.9 Å². The number of fused-ring (bicyclic) bond motifs is 1. The van der Waals surface area contributed by atoms with Crippen molar-refractivity contribution >= 4 is 15.9 Å². The van der Waals surface area contributed by atoms with Gasteiger partial charge in [0.2, 0.25) is 0 Å². The highest BCUT2D eigenvalue weighted by molar-refractivity contribution is 9.10. The van der Waals surface area contributed by atoms with E-state index in [0.29, 0.717) is 12.1 Å². The molecule has 1 aromatic carbocycles. The molecule has 0 aromatic heterocycles. The summed E-state index contributed by atoms with van der Waals surface area (Å²) >= 11 is 3.65. The first-order valence-corrected chi connectivity index (χ1v) is 7.75. The fourth-order valence-corrected chi connectivity index (χ4v) is 3.59. The Morgan fingerprint density at radius 3 is 3.16 bits per heavy atom. The molecule has 3 rings (SSSR count).